The average Bonchev–Trinajstić information content (AvgIpc) is 3.05. The second kappa shape index (κ2) is 5.40. The minimum atomic E-state index is 0.540. The van der Waals surface area contributed by atoms with Crippen LogP contribution in [0.15, 0.2) is 16.7 Å². The highest BCUT2D eigenvalue weighted by molar-refractivity contribution is 5.07. The summed E-state index contributed by atoms with van der Waals surface area (Å²) in [6.07, 6.45) is 2.47. The molecule has 108 valence electrons. The fourth-order valence-corrected chi connectivity index (χ4v) is 3.06. The molecular weight excluding hydrogens is 252 g/mol. The van der Waals surface area contributed by atoms with Gasteiger partial charge in [0.25, 0.3) is 0 Å². The van der Waals surface area contributed by atoms with Gasteiger partial charge in [-0.05, 0) is 46.2 Å². The molecule has 0 unspecified atom stereocenters. The molecule has 5 heteroatoms. The summed E-state index contributed by atoms with van der Waals surface area (Å²) >= 11 is 0. The number of rotatable bonds is 4. The Hall–Kier alpha value is -1.62. The molecule has 2 aromatic heterocycles. The quantitative estimate of drug-likeness (QED) is 0.859. The fraction of sp³-hybridized carbons (Fsp3) is 0.600. The van der Waals surface area contributed by atoms with Gasteiger partial charge < -0.3 is 4.52 Å². The van der Waals surface area contributed by atoms with E-state index in [0.717, 1.165) is 36.8 Å². The van der Waals surface area contributed by atoms with Crippen LogP contribution in [0.4, 0.5) is 0 Å². The van der Waals surface area contributed by atoms with Crippen molar-refractivity contribution in [3.8, 4) is 0 Å². The molecular formula is C15H22N4O. The maximum absolute atomic E-state index is 5.34. The summed E-state index contributed by atoms with van der Waals surface area (Å²) in [6.45, 7) is 9.08. The molecule has 0 bridgehead atoms. The predicted molar refractivity (Wildman–Crippen MR) is 76.4 cm³/mol. The fourth-order valence-electron chi connectivity index (χ4n) is 3.06. The zero-order valence-electron chi connectivity index (χ0n) is 12.5. The Morgan fingerprint density at radius 3 is 2.75 bits per heavy atom. The zero-order chi connectivity index (χ0) is 14.1. The van der Waals surface area contributed by atoms with Crippen LogP contribution in [0, 0.1) is 20.8 Å². The molecule has 1 saturated heterocycles. The molecule has 1 fully saturated rings. The third-order valence-electron chi connectivity index (χ3n) is 4.02. The minimum absolute atomic E-state index is 0.540. The summed E-state index contributed by atoms with van der Waals surface area (Å²) in [5, 5.41) is 8.54. The maximum Gasteiger partial charge on any atom is 0.150 e. The van der Waals surface area contributed by atoms with Gasteiger partial charge in [-0.25, -0.2) is 0 Å². The molecule has 2 aromatic rings. The Morgan fingerprint density at radius 1 is 1.25 bits per heavy atom. The lowest BCUT2D eigenvalue weighted by atomic mass is 10.2. The van der Waals surface area contributed by atoms with E-state index in [1.54, 1.807) is 0 Å². The van der Waals surface area contributed by atoms with Crippen molar-refractivity contribution in [3.63, 3.8) is 0 Å². The van der Waals surface area contributed by atoms with Gasteiger partial charge in [0, 0.05) is 17.8 Å². The molecule has 1 aliphatic heterocycles. The number of hydrogen-bond donors (Lipinski definition) is 0. The van der Waals surface area contributed by atoms with Crippen molar-refractivity contribution < 1.29 is 4.52 Å². The Kier molecular flexibility index (Phi) is 3.61. The van der Waals surface area contributed by atoms with Gasteiger partial charge in [0.1, 0.15) is 0 Å². The van der Waals surface area contributed by atoms with Gasteiger partial charge in [0.05, 0.1) is 24.5 Å². The van der Waals surface area contributed by atoms with Crippen LogP contribution < -0.4 is 0 Å². The first kappa shape index (κ1) is 13.4. The topological polar surface area (TPSA) is 47.1 Å². The molecule has 0 amide bonds. The number of likely N-dealkylation sites (tertiary alicyclic amines) is 1. The number of aromatic nitrogens is 3. The van der Waals surface area contributed by atoms with Crippen molar-refractivity contribution in [2.75, 3.05) is 6.54 Å². The first-order valence-electron chi connectivity index (χ1n) is 7.29. The van der Waals surface area contributed by atoms with Crippen LogP contribution in [0.5, 0.6) is 0 Å². The van der Waals surface area contributed by atoms with Crippen LogP contribution in [-0.2, 0) is 13.1 Å². The molecule has 3 rings (SSSR count). The summed E-state index contributed by atoms with van der Waals surface area (Å²) in [7, 11) is 0. The van der Waals surface area contributed by atoms with E-state index in [1.807, 2.05) is 19.9 Å². The van der Waals surface area contributed by atoms with Crippen molar-refractivity contribution in [3.05, 3.63) is 35.0 Å². The molecule has 0 aliphatic carbocycles. The Bertz CT molecular complexity index is 586. The molecule has 3 heterocycles. The number of nitrogens with zero attached hydrogens (tertiary/aromatic N) is 4. The highest BCUT2D eigenvalue weighted by Crippen LogP contribution is 2.22. The summed E-state index contributed by atoms with van der Waals surface area (Å²) in [4.78, 5) is 2.48. The van der Waals surface area contributed by atoms with E-state index < -0.39 is 0 Å². The normalized spacial score (nSPS) is 19.9. The standard InChI is InChI=1S/C15H22N4O/c1-11-7-13(3)19(16-11)9-14-5-4-6-18(14)10-15-8-12(2)17-20-15/h7-8,14H,4-6,9-10H2,1-3H3/t14-/m1/s1. The van der Waals surface area contributed by atoms with Crippen LogP contribution in [0.2, 0.25) is 0 Å². The zero-order valence-corrected chi connectivity index (χ0v) is 12.5. The van der Waals surface area contributed by atoms with Crippen molar-refractivity contribution >= 4 is 0 Å². The first-order chi connectivity index (χ1) is 9.61. The van der Waals surface area contributed by atoms with Crippen molar-refractivity contribution in [2.45, 2.75) is 52.7 Å². The SMILES string of the molecule is Cc1cc(CN2CCC[C@@H]2Cn2nc(C)cc2C)on1. The molecule has 0 spiro atoms. The molecule has 1 aliphatic rings. The molecule has 1 atom stereocenters. The van der Waals surface area contributed by atoms with Crippen LogP contribution in [0.1, 0.15) is 35.7 Å². The van der Waals surface area contributed by atoms with E-state index in [9.17, 15) is 0 Å². The first-order valence-corrected chi connectivity index (χ1v) is 7.29. The summed E-state index contributed by atoms with van der Waals surface area (Å²) in [5.74, 6) is 0.961. The van der Waals surface area contributed by atoms with Crippen molar-refractivity contribution in [1.29, 1.82) is 0 Å². The highest BCUT2D eigenvalue weighted by Gasteiger charge is 2.26. The van der Waals surface area contributed by atoms with Gasteiger partial charge >= 0.3 is 0 Å². The number of hydrogen-bond acceptors (Lipinski definition) is 4. The van der Waals surface area contributed by atoms with Gasteiger partial charge in [0.2, 0.25) is 0 Å². The number of aryl methyl sites for hydroxylation is 3. The molecule has 20 heavy (non-hydrogen) atoms. The van der Waals surface area contributed by atoms with E-state index in [4.69, 9.17) is 4.52 Å². The summed E-state index contributed by atoms with van der Waals surface area (Å²) in [6, 6.07) is 4.70. The molecule has 0 aromatic carbocycles. The Balaban J connectivity index is 1.67. The smallest absolute Gasteiger partial charge is 0.150 e. The highest BCUT2D eigenvalue weighted by atomic mass is 16.5. The summed E-state index contributed by atoms with van der Waals surface area (Å²) < 4.78 is 7.47. The van der Waals surface area contributed by atoms with Gasteiger partial charge in [-0.1, -0.05) is 5.16 Å². The van der Waals surface area contributed by atoms with Crippen LogP contribution in [0.25, 0.3) is 0 Å². The third kappa shape index (κ3) is 2.77. The van der Waals surface area contributed by atoms with Crippen LogP contribution in [0.3, 0.4) is 0 Å². The second-order valence-corrected chi connectivity index (χ2v) is 5.81. The van der Waals surface area contributed by atoms with Crippen molar-refractivity contribution in [1.82, 2.24) is 19.8 Å². The monoisotopic (exact) mass is 274 g/mol. The summed E-state index contributed by atoms with van der Waals surface area (Å²) in [5.41, 5.74) is 3.29. The van der Waals surface area contributed by atoms with E-state index in [-0.39, 0.29) is 0 Å². The molecule has 0 saturated carbocycles. The van der Waals surface area contributed by atoms with Gasteiger partial charge in [-0.15, -0.1) is 0 Å². The van der Waals surface area contributed by atoms with Gasteiger partial charge in [0.15, 0.2) is 5.76 Å². The Labute approximate surface area is 119 Å². The van der Waals surface area contributed by atoms with Crippen molar-refractivity contribution in [2.24, 2.45) is 0 Å². The van der Waals surface area contributed by atoms with Gasteiger partial charge in [-0.2, -0.15) is 5.10 Å². The Morgan fingerprint density at radius 2 is 2.10 bits per heavy atom. The third-order valence-corrected chi connectivity index (χ3v) is 4.02. The molecule has 0 radical (unpaired) electrons. The second-order valence-electron chi connectivity index (χ2n) is 5.81. The van der Waals surface area contributed by atoms with Crippen LogP contribution >= 0.6 is 0 Å². The lowest BCUT2D eigenvalue weighted by Gasteiger charge is -2.23. The van der Waals surface area contributed by atoms with E-state index >= 15 is 0 Å². The largest absolute Gasteiger partial charge is 0.360 e. The van der Waals surface area contributed by atoms with E-state index in [0.29, 0.717) is 6.04 Å². The maximum atomic E-state index is 5.34. The molecule has 0 N–H and O–H groups in total. The lowest BCUT2D eigenvalue weighted by Crippen LogP contribution is -2.33. The predicted octanol–water partition coefficient (Wildman–Crippen LogP) is 2.46. The minimum Gasteiger partial charge on any atom is -0.360 e. The van der Waals surface area contributed by atoms with Crippen LogP contribution in [-0.4, -0.2) is 32.4 Å². The molecule has 5 nitrogen and oxygen atoms in total. The van der Waals surface area contributed by atoms with E-state index in [2.05, 4.69) is 32.8 Å². The van der Waals surface area contributed by atoms with Gasteiger partial charge in [-0.3, -0.25) is 9.58 Å². The lowest BCUT2D eigenvalue weighted by molar-refractivity contribution is 0.194. The van der Waals surface area contributed by atoms with E-state index in [1.165, 1.54) is 18.5 Å². The average molecular weight is 274 g/mol.